The van der Waals surface area contributed by atoms with Crippen LogP contribution in [0.25, 0.3) is 0 Å². The number of allylic oxidation sites excluding steroid dienone is 4. The zero-order valence-corrected chi connectivity index (χ0v) is 8.09. The molecule has 68 valence electrons. The van der Waals surface area contributed by atoms with E-state index >= 15 is 0 Å². The maximum Gasteiger partial charge on any atom is 0.0993 e. The van der Waals surface area contributed by atoms with E-state index in [1.807, 2.05) is 6.08 Å². The van der Waals surface area contributed by atoms with Crippen molar-refractivity contribution in [1.29, 1.82) is 5.26 Å². The highest BCUT2D eigenvalue weighted by molar-refractivity contribution is 5.44. The van der Waals surface area contributed by atoms with Crippen molar-refractivity contribution in [3.8, 4) is 6.07 Å². The van der Waals surface area contributed by atoms with Crippen LogP contribution in [0.15, 0.2) is 35.7 Å². The van der Waals surface area contributed by atoms with Gasteiger partial charge in [-0.1, -0.05) is 20.4 Å². The number of rotatable bonds is 2. The first-order chi connectivity index (χ1) is 6.11. The summed E-state index contributed by atoms with van der Waals surface area (Å²) in [5.41, 5.74) is 2.56. The SMILES string of the molecule is C=C1C=C(C#N)C=C(CC(C)C)N1. The van der Waals surface area contributed by atoms with E-state index in [9.17, 15) is 0 Å². The minimum atomic E-state index is 0.588. The van der Waals surface area contributed by atoms with Gasteiger partial charge in [-0.05, 0) is 24.5 Å². The lowest BCUT2D eigenvalue weighted by Crippen LogP contribution is -2.16. The smallest absolute Gasteiger partial charge is 0.0993 e. The van der Waals surface area contributed by atoms with Gasteiger partial charge in [-0.15, -0.1) is 0 Å². The lowest BCUT2D eigenvalue weighted by Gasteiger charge is -2.16. The summed E-state index contributed by atoms with van der Waals surface area (Å²) in [7, 11) is 0. The molecule has 0 bridgehead atoms. The Kier molecular flexibility index (Phi) is 2.92. The highest BCUT2D eigenvalue weighted by Crippen LogP contribution is 2.16. The molecule has 0 saturated heterocycles. The van der Waals surface area contributed by atoms with Gasteiger partial charge in [0.05, 0.1) is 11.6 Å². The Hall–Kier alpha value is -1.49. The third-order valence-electron chi connectivity index (χ3n) is 1.74. The van der Waals surface area contributed by atoms with Gasteiger partial charge in [0.2, 0.25) is 0 Å². The summed E-state index contributed by atoms with van der Waals surface area (Å²) in [4.78, 5) is 0. The molecule has 0 spiro atoms. The van der Waals surface area contributed by atoms with E-state index in [1.54, 1.807) is 6.08 Å². The van der Waals surface area contributed by atoms with E-state index in [-0.39, 0.29) is 0 Å². The maximum absolute atomic E-state index is 8.73. The highest BCUT2D eigenvalue weighted by atomic mass is 14.9. The van der Waals surface area contributed by atoms with Crippen molar-refractivity contribution in [1.82, 2.24) is 5.32 Å². The average Bonchev–Trinajstić information content (AvgIpc) is 2.01. The molecule has 13 heavy (non-hydrogen) atoms. The van der Waals surface area contributed by atoms with Crippen molar-refractivity contribution in [3.05, 3.63) is 35.7 Å². The van der Waals surface area contributed by atoms with Crippen LogP contribution in [0.2, 0.25) is 0 Å². The molecule has 0 aromatic rings. The molecule has 1 heterocycles. The fourth-order valence-corrected chi connectivity index (χ4v) is 1.31. The Morgan fingerprint density at radius 3 is 2.77 bits per heavy atom. The molecule has 0 atom stereocenters. The highest BCUT2D eigenvalue weighted by Gasteiger charge is 2.07. The van der Waals surface area contributed by atoms with E-state index in [2.05, 4.69) is 31.8 Å². The van der Waals surface area contributed by atoms with Crippen molar-refractivity contribution >= 4 is 0 Å². The van der Waals surface area contributed by atoms with Crippen LogP contribution < -0.4 is 5.32 Å². The normalized spacial score (nSPS) is 16.0. The number of nitriles is 1. The Balaban J connectivity index is 2.78. The zero-order chi connectivity index (χ0) is 9.84. The van der Waals surface area contributed by atoms with Crippen LogP contribution in [0.1, 0.15) is 20.3 Å². The number of hydrogen-bond acceptors (Lipinski definition) is 2. The van der Waals surface area contributed by atoms with Gasteiger partial charge in [0, 0.05) is 11.4 Å². The van der Waals surface area contributed by atoms with Crippen LogP contribution in [-0.2, 0) is 0 Å². The summed E-state index contributed by atoms with van der Waals surface area (Å²) < 4.78 is 0. The zero-order valence-electron chi connectivity index (χ0n) is 8.09. The van der Waals surface area contributed by atoms with Crippen molar-refractivity contribution in [2.45, 2.75) is 20.3 Å². The number of dihydropyridines is 1. The second kappa shape index (κ2) is 3.95. The van der Waals surface area contributed by atoms with Gasteiger partial charge in [0.25, 0.3) is 0 Å². The first-order valence-electron chi connectivity index (χ1n) is 4.40. The third-order valence-corrected chi connectivity index (χ3v) is 1.74. The number of hydrogen-bond donors (Lipinski definition) is 1. The molecule has 0 aromatic heterocycles. The Morgan fingerprint density at radius 1 is 1.54 bits per heavy atom. The van der Waals surface area contributed by atoms with E-state index in [0.717, 1.165) is 17.8 Å². The fourth-order valence-electron chi connectivity index (χ4n) is 1.31. The molecule has 1 aliphatic heterocycles. The van der Waals surface area contributed by atoms with Crippen molar-refractivity contribution in [2.24, 2.45) is 5.92 Å². The Morgan fingerprint density at radius 2 is 2.23 bits per heavy atom. The molecule has 0 fully saturated rings. The van der Waals surface area contributed by atoms with Crippen LogP contribution in [0, 0.1) is 17.2 Å². The summed E-state index contributed by atoms with van der Waals surface area (Å²) in [6.07, 6.45) is 4.59. The second-order valence-electron chi connectivity index (χ2n) is 3.63. The van der Waals surface area contributed by atoms with Crippen molar-refractivity contribution in [2.75, 3.05) is 0 Å². The number of nitrogens with zero attached hydrogens (tertiary/aromatic N) is 1. The lowest BCUT2D eigenvalue weighted by molar-refractivity contribution is 0.619. The summed E-state index contributed by atoms with van der Waals surface area (Å²) >= 11 is 0. The van der Waals surface area contributed by atoms with E-state index in [1.165, 1.54) is 0 Å². The molecule has 1 aliphatic rings. The minimum absolute atomic E-state index is 0.588. The largest absolute Gasteiger partial charge is 0.359 e. The quantitative estimate of drug-likeness (QED) is 0.698. The topological polar surface area (TPSA) is 35.8 Å². The van der Waals surface area contributed by atoms with E-state index < -0.39 is 0 Å². The maximum atomic E-state index is 8.73. The van der Waals surface area contributed by atoms with E-state index in [0.29, 0.717) is 11.5 Å². The standard InChI is InChI=1S/C11H14N2/c1-8(2)4-11-6-10(7-12)5-9(3)13-11/h5-6,8,13H,3-4H2,1-2H3. The van der Waals surface area contributed by atoms with Gasteiger partial charge < -0.3 is 5.32 Å². The predicted molar refractivity (Wildman–Crippen MR) is 53.5 cm³/mol. The lowest BCUT2D eigenvalue weighted by atomic mass is 10.0. The summed E-state index contributed by atoms with van der Waals surface area (Å²) in [6, 6.07) is 2.12. The monoisotopic (exact) mass is 174 g/mol. The molecule has 0 unspecified atom stereocenters. The van der Waals surface area contributed by atoms with Crippen LogP contribution in [0.5, 0.6) is 0 Å². The summed E-state index contributed by atoms with van der Waals surface area (Å²) in [6.45, 7) is 8.09. The van der Waals surface area contributed by atoms with Crippen LogP contribution >= 0.6 is 0 Å². The van der Waals surface area contributed by atoms with Gasteiger partial charge in [0.1, 0.15) is 0 Å². The first kappa shape index (κ1) is 9.60. The van der Waals surface area contributed by atoms with Crippen LogP contribution in [0.3, 0.4) is 0 Å². The van der Waals surface area contributed by atoms with Crippen molar-refractivity contribution in [3.63, 3.8) is 0 Å². The third kappa shape index (κ3) is 2.79. The molecule has 0 aliphatic carbocycles. The molecule has 1 rings (SSSR count). The van der Waals surface area contributed by atoms with Gasteiger partial charge in [-0.3, -0.25) is 0 Å². The predicted octanol–water partition coefficient (Wildman–Crippen LogP) is 2.48. The molecule has 0 aromatic carbocycles. The molecule has 0 saturated carbocycles. The summed E-state index contributed by atoms with van der Waals surface area (Å²) in [5.74, 6) is 0.588. The van der Waals surface area contributed by atoms with Gasteiger partial charge in [-0.2, -0.15) is 5.26 Å². The van der Waals surface area contributed by atoms with Crippen molar-refractivity contribution < 1.29 is 0 Å². The molecule has 0 radical (unpaired) electrons. The van der Waals surface area contributed by atoms with Crippen LogP contribution in [0.4, 0.5) is 0 Å². The average molecular weight is 174 g/mol. The van der Waals surface area contributed by atoms with Gasteiger partial charge in [-0.25, -0.2) is 0 Å². The van der Waals surface area contributed by atoms with E-state index in [4.69, 9.17) is 5.26 Å². The fraction of sp³-hybridized carbons (Fsp3) is 0.364. The molecular formula is C11H14N2. The molecular weight excluding hydrogens is 160 g/mol. The minimum Gasteiger partial charge on any atom is -0.359 e. The van der Waals surface area contributed by atoms with Gasteiger partial charge in [0.15, 0.2) is 0 Å². The number of nitrogens with one attached hydrogen (secondary N) is 1. The Bertz CT molecular complexity index is 313. The Labute approximate surface area is 79.3 Å². The molecule has 0 amide bonds. The molecule has 2 nitrogen and oxygen atoms in total. The first-order valence-corrected chi connectivity index (χ1v) is 4.40. The summed E-state index contributed by atoms with van der Waals surface area (Å²) in [5, 5.41) is 11.9. The molecule has 1 N–H and O–H groups in total. The molecule has 2 heteroatoms. The second-order valence-corrected chi connectivity index (χ2v) is 3.63. The van der Waals surface area contributed by atoms with Gasteiger partial charge >= 0.3 is 0 Å². The van der Waals surface area contributed by atoms with Crippen LogP contribution in [-0.4, -0.2) is 0 Å².